The average molecular weight is 404 g/mol. The molecule has 0 bridgehead atoms. The molecule has 0 aromatic heterocycles. The summed E-state index contributed by atoms with van der Waals surface area (Å²) in [7, 11) is -2.16. The molecule has 0 radical (unpaired) electrons. The van der Waals surface area contributed by atoms with Crippen LogP contribution in [0.25, 0.3) is 0 Å². The van der Waals surface area contributed by atoms with Gasteiger partial charge in [0.15, 0.2) is 0 Å². The van der Waals surface area contributed by atoms with Crippen LogP contribution in [0, 0.1) is 0 Å². The van der Waals surface area contributed by atoms with Crippen LogP contribution >= 0.6 is 0 Å². The van der Waals surface area contributed by atoms with Crippen molar-refractivity contribution in [3.63, 3.8) is 0 Å². The second kappa shape index (κ2) is 8.61. The molecule has 0 fully saturated rings. The SMILES string of the molecule is COC(=O)c1cc(Oc2cc[c]([K])cc2S(=O)(=O)O)cc(C(=O)OC)c1. The summed E-state index contributed by atoms with van der Waals surface area (Å²) in [5, 5.41) is 0. The normalized spacial score (nSPS) is 11.0. The maximum atomic E-state index is 11.8. The number of benzene rings is 2. The molecular formula is C16H13KO8S. The van der Waals surface area contributed by atoms with Crippen LogP contribution < -0.4 is 4.39 Å². The Hall–Kier alpha value is -1.27. The molecule has 2 aromatic carbocycles. The van der Waals surface area contributed by atoms with Gasteiger partial charge in [0.1, 0.15) is 0 Å². The minimum atomic E-state index is -4.52. The van der Waals surface area contributed by atoms with Crippen molar-refractivity contribution in [2.24, 2.45) is 0 Å². The average Bonchev–Trinajstić information content (AvgIpc) is 2.60. The predicted molar refractivity (Wildman–Crippen MR) is 90.8 cm³/mol. The van der Waals surface area contributed by atoms with Crippen LogP contribution in [-0.2, 0) is 19.6 Å². The van der Waals surface area contributed by atoms with Crippen molar-refractivity contribution < 1.29 is 36.8 Å². The van der Waals surface area contributed by atoms with Crippen LogP contribution in [0.3, 0.4) is 0 Å². The zero-order valence-corrected chi connectivity index (χ0v) is 18.1. The predicted octanol–water partition coefficient (Wildman–Crippen LogP) is 1.09. The van der Waals surface area contributed by atoms with E-state index < -0.39 is 27.0 Å². The van der Waals surface area contributed by atoms with Gasteiger partial charge in [-0.05, 0) is 0 Å². The third-order valence-corrected chi connectivity index (χ3v) is 5.20. The molecule has 0 unspecified atom stereocenters. The number of methoxy groups -OCH3 is 2. The molecule has 1 N–H and O–H groups in total. The van der Waals surface area contributed by atoms with E-state index in [1.807, 2.05) is 0 Å². The number of carbonyl (C=O) groups excluding carboxylic acids is 2. The van der Waals surface area contributed by atoms with E-state index in [1.165, 1.54) is 44.6 Å². The Morgan fingerprint density at radius 3 is 1.96 bits per heavy atom. The van der Waals surface area contributed by atoms with Gasteiger partial charge in [-0.3, -0.25) is 0 Å². The van der Waals surface area contributed by atoms with Gasteiger partial charge in [-0.15, -0.1) is 0 Å². The van der Waals surface area contributed by atoms with Gasteiger partial charge < -0.3 is 0 Å². The fourth-order valence-electron chi connectivity index (χ4n) is 2.16. The molecule has 8 nitrogen and oxygen atoms in total. The number of esters is 2. The summed E-state index contributed by atoms with van der Waals surface area (Å²) in [6.45, 7) is 0. The number of rotatable bonds is 5. The number of hydrogen-bond donors (Lipinski definition) is 1. The maximum absolute atomic E-state index is 11.8. The first-order chi connectivity index (χ1) is 12.2. The van der Waals surface area contributed by atoms with Crippen LogP contribution in [0.15, 0.2) is 41.3 Å². The van der Waals surface area contributed by atoms with Crippen LogP contribution in [0.5, 0.6) is 11.5 Å². The number of hydrogen-bond acceptors (Lipinski definition) is 7. The van der Waals surface area contributed by atoms with Gasteiger partial charge in [0.05, 0.1) is 0 Å². The molecule has 0 aliphatic heterocycles. The third kappa shape index (κ3) is 5.13. The minimum absolute atomic E-state index is 0.00332. The van der Waals surface area contributed by atoms with Gasteiger partial charge in [-0.25, -0.2) is 0 Å². The Balaban J connectivity index is 2.56. The van der Waals surface area contributed by atoms with Gasteiger partial charge in [-0.1, -0.05) is 0 Å². The third-order valence-electron chi connectivity index (χ3n) is 3.35. The first-order valence-electron chi connectivity index (χ1n) is 7.23. The van der Waals surface area contributed by atoms with Crippen molar-refractivity contribution in [1.29, 1.82) is 0 Å². The molecule has 0 aliphatic carbocycles. The van der Waals surface area contributed by atoms with E-state index in [9.17, 15) is 22.6 Å². The van der Waals surface area contributed by atoms with E-state index >= 15 is 0 Å². The van der Waals surface area contributed by atoms with Gasteiger partial charge in [0.25, 0.3) is 0 Å². The molecular weight excluding hydrogens is 391 g/mol. The van der Waals surface area contributed by atoms with Crippen molar-refractivity contribution in [3.8, 4) is 11.5 Å². The summed E-state index contributed by atoms with van der Waals surface area (Å²) in [6.07, 6.45) is 0. The molecule has 0 atom stereocenters. The fourth-order valence-corrected chi connectivity index (χ4v) is 3.89. The standard InChI is InChI=1S/C16H13O8S.K/c1-22-15(17)10-7-11(16(18)23-2)9-12(8-10)24-13-5-3-4-6-14(13)25(19,20)21;/h3,5-9H,1-2H3,(H,19,20,21);. The van der Waals surface area contributed by atoms with Gasteiger partial charge in [0.2, 0.25) is 0 Å². The molecule has 26 heavy (non-hydrogen) atoms. The van der Waals surface area contributed by atoms with E-state index in [4.69, 9.17) is 4.74 Å². The van der Waals surface area contributed by atoms with E-state index in [0.717, 1.165) is -0.342 Å². The summed E-state index contributed by atoms with van der Waals surface area (Å²) in [6, 6.07) is 8.20. The topological polar surface area (TPSA) is 116 Å². The van der Waals surface area contributed by atoms with Crippen molar-refractivity contribution in [3.05, 3.63) is 47.5 Å². The summed E-state index contributed by atoms with van der Waals surface area (Å²) >= 11 is 0.188. The summed E-state index contributed by atoms with van der Waals surface area (Å²) in [4.78, 5) is 23.2. The molecule has 132 valence electrons. The van der Waals surface area contributed by atoms with E-state index in [-0.39, 0.29) is 71.6 Å². The molecule has 0 amide bonds. The number of carbonyl (C=O) groups is 2. The Kier molecular flexibility index (Phi) is 6.96. The molecule has 2 rings (SSSR count). The molecule has 2 aromatic rings. The Morgan fingerprint density at radius 1 is 0.962 bits per heavy atom. The van der Waals surface area contributed by atoms with Crippen molar-refractivity contribution >= 4 is 70.7 Å². The summed E-state index contributed by atoms with van der Waals surface area (Å²) in [5.41, 5.74) is 0.0295. The first kappa shape index (κ1) is 21.0. The zero-order valence-electron chi connectivity index (χ0n) is 14.2. The first-order valence-corrected chi connectivity index (χ1v) is 10.2. The fraction of sp³-hybridized carbons (Fsp3) is 0.125. The van der Waals surface area contributed by atoms with Crippen molar-refractivity contribution in [2.45, 2.75) is 4.90 Å². The second-order valence-electron chi connectivity index (χ2n) is 5.26. The zero-order chi connectivity index (χ0) is 19.5. The monoisotopic (exact) mass is 404 g/mol. The Morgan fingerprint density at radius 2 is 1.50 bits per heavy atom. The Labute approximate surface area is 183 Å². The summed E-state index contributed by atoms with van der Waals surface area (Å²) < 4.78 is 48.1. The van der Waals surface area contributed by atoms with Crippen molar-refractivity contribution in [1.82, 2.24) is 0 Å². The van der Waals surface area contributed by atoms with Crippen LogP contribution in [0.2, 0.25) is 0 Å². The van der Waals surface area contributed by atoms with Gasteiger partial charge in [-0.2, -0.15) is 0 Å². The summed E-state index contributed by atoms with van der Waals surface area (Å²) in [5.74, 6) is -1.57. The molecule has 0 aliphatic rings. The Bertz CT molecular complexity index is 934. The molecule has 0 saturated heterocycles. The molecule has 0 saturated carbocycles. The van der Waals surface area contributed by atoms with Crippen LogP contribution in [-0.4, -0.2) is 88.1 Å². The van der Waals surface area contributed by atoms with E-state index in [2.05, 4.69) is 9.47 Å². The van der Waals surface area contributed by atoms with E-state index in [1.54, 1.807) is 6.07 Å². The van der Waals surface area contributed by atoms with Crippen LogP contribution in [0.4, 0.5) is 0 Å². The van der Waals surface area contributed by atoms with E-state index in [0.29, 0.717) is 0 Å². The second-order valence-corrected chi connectivity index (χ2v) is 8.45. The van der Waals surface area contributed by atoms with Gasteiger partial charge >= 0.3 is 186 Å². The van der Waals surface area contributed by atoms with Gasteiger partial charge in [0, 0.05) is 0 Å². The molecule has 0 heterocycles. The van der Waals surface area contributed by atoms with Crippen LogP contribution in [0.1, 0.15) is 20.7 Å². The van der Waals surface area contributed by atoms with Crippen molar-refractivity contribution in [2.75, 3.05) is 14.2 Å². The number of ether oxygens (including phenoxy) is 3. The molecule has 0 spiro atoms. The quantitative estimate of drug-likeness (QED) is 0.447. The molecule has 10 heteroatoms.